The van der Waals surface area contributed by atoms with Gasteiger partial charge in [-0.15, -0.1) is 0 Å². The number of likely N-dealkylation sites (tertiary alicyclic amines) is 1. The molecule has 1 heterocycles. The second-order valence-electron chi connectivity index (χ2n) is 4.21. The Morgan fingerprint density at radius 3 is 2.50 bits per heavy atom. The Bertz CT molecular complexity index is 362. The predicted octanol–water partition coefficient (Wildman–Crippen LogP) is 2.03. The first-order valence-electron chi connectivity index (χ1n) is 5.53. The third-order valence-electron chi connectivity index (χ3n) is 2.97. The molecule has 3 nitrogen and oxygen atoms in total. The lowest BCUT2D eigenvalue weighted by atomic mass is 10.1. The van der Waals surface area contributed by atoms with Crippen molar-refractivity contribution in [2.45, 2.75) is 25.7 Å². The van der Waals surface area contributed by atoms with Crippen molar-refractivity contribution in [1.82, 2.24) is 4.90 Å². The number of aliphatic hydroxyl groups excluding tert-OH is 1. The summed E-state index contributed by atoms with van der Waals surface area (Å²) in [5.74, 6) is 0. The Kier molecular flexibility index (Phi) is 3.97. The number of rotatable bonds is 3. The van der Waals surface area contributed by atoms with Gasteiger partial charge in [0, 0.05) is 16.6 Å². The van der Waals surface area contributed by atoms with Crippen molar-refractivity contribution in [3.63, 3.8) is 0 Å². The lowest BCUT2D eigenvalue weighted by Gasteiger charge is -2.16. The van der Waals surface area contributed by atoms with Gasteiger partial charge in [0.05, 0.1) is 0 Å². The second-order valence-corrected chi connectivity index (χ2v) is 5.06. The molecule has 2 rings (SSSR count). The molecule has 0 aromatic heterocycles. The summed E-state index contributed by atoms with van der Waals surface area (Å²) < 4.78 is 0.949. The highest BCUT2D eigenvalue weighted by Crippen LogP contribution is 2.24. The molecule has 4 heteroatoms. The summed E-state index contributed by atoms with van der Waals surface area (Å²) in [6, 6.07) is 5.49. The molecule has 88 valence electrons. The number of aliphatic hydroxyl groups is 2. The van der Waals surface area contributed by atoms with Crippen molar-refractivity contribution in [1.29, 1.82) is 0 Å². The lowest BCUT2D eigenvalue weighted by molar-refractivity contribution is -0.0425. The summed E-state index contributed by atoms with van der Waals surface area (Å²) in [4.78, 5) is 2.41. The first kappa shape index (κ1) is 12.0. The van der Waals surface area contributed by atoms with E-state index in [1.54, 1.807) is 12.1 Å². The Morgan fingerprint density at radius 1 is 1.25 bits per heavy atom. The van der Waals surface area contributed by atoms with Gasteiger partial charge in [-0.2, -0.15) is 0 Å². The van der Waals surface area contributed by atoms with Crippen molar-refractivity contribution in [2.24, 2.45) is 0 Å². The van der Waals surface area contributed by atoms with Crippen LogP contribution in [-0.4, -0.2) is 28.2 Å². The SMILES string of the molecule is OC(O)c1ccc(CN2CCCC2)c(Br)c1. The zero-order chi connectivity index (χ0) is 11.5. The summed E-state index contributed by atoms with van der Waals surface area (Å²) in [7, 11) is 0. The fraction of sp³-hybridized carbons (Fsp3) is 0.500. The van der Waals surface area contributed by atoms with E-state index < -0.39 is 6.29 Å². The third-order valence-corrected chi connectivity index (χ3v) is 3.71. The third kappa shape index (κ3) is 2.83. The summed E-state index contributed by atoms with van der Waals surface area (Å²) in [5.41, 5.74) is 1.73. The highest BCUT2D eigenvalue weighted by molar-refractivity contribution is 9.10. The molecule has 0 atom stereocenters. The molecule has 0 bridgehead atoms. The minimum atomic E-state index is -1.39. The summed E-state index contributed by atoms with van der Waals surface area (Å²) in [5, 5.41) is 18.1. The molecule has 0 unspecified atom stereocenters. The largest absolute Gasteiger partial charge is 0.364 e. The van der Waals surface area contributed by atoms with Crippen LogP contribution in [0.2, 0.25) is 0 Å². The topological polar surface area (TPSA) is 43.7 Å². The zero-order valence-corrected chi connectivity index (χ0v) is 10.7. The Labute approximate surface area is 104 Å². The van der Waals surface area contributed by atoms with Gasteiger partial charge in [0.1, 0.15) is 0 Å². The van der Waals surface area contributed by atoms with E-state index >= 15 is 0 Å². The van der Waals surface area contributed by atoms with Crippen LogP contribution in [0.4, 0.5) is 0 Å². The van der Waals surface area contributed by atoms with E-state index in [1.165, 1.54) is 18.4 Å². The fourth-order valence-corrected chi connectivity index (χ4v) is 2.56. The van der Waals surface area contributed by atoms with E-state index in [4.69, 9.17) is 10.2 Å². The standard InChI is InChI=1S/C12H16BrNO2/c13-11-7-9(12(15)16)3-4-10(11)8-14-5-1-2-6-14/h3-4,7,12,15-16H,1-2,5-6,8H2. The van der Waals surface area contributed by atoms with Crippen molar-refractivity contribution in [3.05, 3.63) is 33.8 Å². The molecule has 1 aliphatic rings. The summed E-state index contributed by atoms with van der Waals surface area (Å²) in [6.45, 7) is 3.26. The van der Waals surface area contributed by atoms with Gasteiger partial charge in [-0.25, -0.2) is 0 Å². The maximum atomic E-state index is 9.05. The molecule has 1 aromatic rings. The predicted molar refractivity (Wildman–Crippen MR) is 65.8 cm³/mol. The minimum Gasteiger partial charge on any atom is -0.364 e. The molecule has 1 aromatic carbocycles. The van der Waals surface area contributed by atoms with Crippen LogP contribution < -0.4 is 0 Å². The quantitative estimate of drug-likeness (QED) is 0.836. The van der Waals surface area contributed by atoms with Crippen LogP contribution in [0.3, 0.4) is 0 Å². The average molecular weight is 286 g/mol. The Balaban J connectivity index is 2.09. The van der Waals surface area contributed by atoms with Gasteiger partial charge >= 0.3 is 0 Å². The summed E-state index contributed by atoms with van der Waals surface area (Å²) in [6.07, 6.45) is 1.17. The van der Waals surface area contributed by atoms with Crippen LogP contribution in [0.5, 0.6) is 0 Å². The molecule has 1 fully saturated rings. The maximum absolute atomic E-state index is 9.05. The van der Waals surface area contributed by atoms with Gasteiger partial charge in [0.2, 0.25) is 0 Å². The van der Waals surface area contributed by atoms with Gasteiger partial charge in [-0.3, -0.25) is 4.90 Å². The van der Waals surface area contributed by atoms with Crippen LogP contribution in [-0.2, 0) is 6.54 Å². The average Bonchev–Trinajstić information content (AvgIpc) is 2.73. The fourth-order valence-electron chi connectivity index (χ4n) is 2.03. The van der Waals surface area contributed by atoms with Gasteiger partial charge < -0.3 is 10.2 Å². The molecule has 0 saturated carbocycles. The molecule has 16 heavy (non-hydrogen) atoms. The Hall–Kier alpha value is -0.420. The molecular formula is C12H16BrNO2. The van der Waals surface area contributed by atoms with Crippen molar-refractivity contribution in [3.8, 4) is 0 Å². The van der Waals surface area contributed by atoms with Crippen LogP contribution in [0.15, 0.2) is 22.7 Å². The van der Waals surface area contributed by atoms with E-state index in [1.807, 2.05) is 6.07 Å². The number of hydrogen-bond acceptors (Lipinski definition) is 3. The summed E-state index contributed by atoms with van der Waals surface area (Å²) >= 11 is 3.47. The van der Waals surface area contributed by atoms with Crippen molar-refractivity contribution < 1.29 is 10.2 Å². The highest BCUT2D eigenvalue weighted by atomic mass is 79.9. The van der Waals surface area contributed by atoms with E-state index in [9.17, 15) is 0 Å². The van der Waals surface area contributed by atoms with E-state index in [0.717, 1.165) is 24.1 Å². The van der Waals surface area contributed by atoms with Crippen LogP contribution in [0, 0.1) is 0 Å². The second kappa shape index (κ2) is 5.27. The molecule has 1 aliphatic heterocycles. The first-order valence-corrected chi connectivity index (χ1v) is 6.33. The Morgan fingerprint density at radius 2 is 1.94 bits per heavy atom. The molecule has 0 radical (unpaired) electrons. The van der Waals surface area contributed by atoms with Gasteiger partial charge in [0.15, 0.2) is 6.29 Å². The minimum absolute atomic E-state index is 0.525. The first-order chi connectivity index (χ1) is 7.66. The number of hydrogen-bond donors (Lipinski definition) is 2. The molecular weight excluding hydrogens is 270 g/mol. The van der Waals surface area contributed by atoms with Crippen molar-refractivity contribution >= 4 is 15.9 Å². The van der Waals surface area contributed by atoms with Gasteiger partial charge in [-0.1, -0.05) is 28.1 Å². The monoisotopic (exact) mass is 285 g/mol. The smallest absolute Gasteiger partial charge is 0.178 e. The van der Waals surface area contributed by atoms with Crippen LogP contribution >= 0.6 is 15.9 Å². The lowest BCUT2D eigenvalue weighted by Crippen LogP contribution is -2.18. The normalized spacial score (nSPS) is 17.2. The van der Waals surface area contributed by atoms with Crippen LogP contribution in [0.25, 0.3) is 0 Å². The van der Waals surface area contributed by atoms with Gasteiger partial charge in [0.25, 0.3) is 0 Å². The molecule has 0 amide bonds. The van der Waals surface area contributed by atoms with Crippen molar-refractivity contribution in [2.75, 3.05) is 13.1 Å². The molecule has 1 saturated heterocycles. The number of nitrogens with zero attached hydrogens (tertiary/aromatic N) is 1. The highest BCUT2D eigenvalue weighted by Gasteiger charge is 2.14. The van der Waals surface area contributed by atoms with E-state index in [-0.39, 0.29) is 0 Å². The van der Waals surface area contributed by atoms with Gasteiger partial charge in [-0.05, 0) is 37.6 Å². The molecule has 0 aliphatic carbocycles. The maximum Gasteiger partial charge on any atom is 0.178 e. The number of halogens is 1. The molecule has 2 N–H and O–H groups in total. The van der Waals surface area contributed by atoms with Crippen LogP contribution in [0.1, 0.15) is 30.3 Å². The van der Waals surface area contributed by atoms with E-state index in [2.05, 4.69) is 20.8 Å². The zero-order valence-electron chi connectivity index (χ0n) is 9.06. The molecule has 0 spiro atoms. The van der Waals surface area contributed by atoms with E-state index in [0.29, 0.717) is 5.56 Å². The number of benzene rings is 1.